The molecule has 0 radical (unpaired) electrons. The third-order valence-electron chi connectivity index (χ3n) is 2.64. The van der Waals surface area contributed by atoms with Crippen molar-refractivity contribution in [1.29, 1.82) is 0 Å². The first-order valence-electron chi connectivity index (χ1n) is 4.92. The molecule has 1 fully saturated rings. The van der Waals surface area contributed by atoms with E-state index in [2.05, 4.69) is 23.6 Å². The van der Waals surface area contributed by atoms with Crippen LogP contribution in [0.25, 0.3) is 0 Å². The fraction of sp³-hybridized carbons (Fsp3) is 0.600. The van der Waals surface area contributed by atoms with Crippen molar-refractivity contribution in [3.8, 4) is 0 Å². The van der Waals surface area contributed by atoms with Crippen LogP contribution < -0.4 is 5.73 Å². The molecule has 1 aromatic rings. The summed E-state index contributed by atoms with van der Waals surface area (Å²) >= 11 is 0. The van der Waals surface area contributed by atoms with E-state index in [1.165, 1.54) is 0 Å². The van der Waals surface area contributed by atoms with E-state index in [0.717, 1.165) is 12.2 Å². The van der Waals surface area contributed by atoms with Crippen LogP contribution in [0.5, 0.6) is 0 Å². The maximum atomic E-state index is 5.81. The van der Waals surface area contributed by atoms with Crippen LogP contribution in [0.4, 0.5) is 0 Å². The Kier molecular flexibility index (Phi) is 2.37. The zero-order chi connectivity index (χ0) is 10.1. The molecule has 4 nitrogen and oxygen atoms in total. The van der Waals surface area contributed by atoms with Gasteiger partial charge in [-0.25, -0.2) is 0 Å². The predicted molar refractivity (Wildman–Crippen MR) is 52.6 cm³/mol. The van der Waals surface area contributed by atoms with Gasteiger partial charge in [-0.1, -0.05) is 18.2 Å². The molecule has 0 amide bonds. The molecule has 4 heteroatoms. The van der Waals surface area contributed by atoms with Crippen molar-refractivity contribution < 1.29 is 4.52 Å². The summed E-state index contributed by atoms with van der Waals surface area (Å²) in [6, 6.07) is -0.206. The topological polar surface area (TPSA) is 64.9 Å². The third kappa shape index (κ3) is 1.70. The van der Waals surface area contributed by atoms with Crippen molar-refractivity contribution >= 4 is 0 Å². The standard InChI is InChI=1S/C10H15N3O/c1-3-4-8(11)10-12-9(13-14-10)7-5-6(7)2/h3,6-8H,1,4-5,11H2,2H3. The SMILES string of the molecule is C=CCC(N)c1nc(C2CC2C)no1. The van der Waals surface area contributed by atoms with E-state index in [9.17, 15) is 0 Å². The maximum absolute atomic E-state index is 5.81. The van der Waals surface area contributed by atoms with E-state index in [4.69, 9.17) is 10.3 Å². The Morgan fingerprint density at radius 2 is 2.50 bits per heavy atom. The van der Waals surface area contributed by atoms with Gasteiger partial charge in [-0.2, -0.15) is 4.98 Å². The van der Waals surface area contributed by atoms with Gasteiger partial charge in [0.05, 0.1) is 6.04 Å². The highest BCUT2D eigenvalue weighted by atomic mass is 16.5. The molecule has 1 heterocycles. The van der Waals surface area contributed by atoms with Crippen molar-refractivity contribution in [3.05, 3.63) is 24.4 Å². The molecule has 14 heavy (non-hydrogen) atoms. The van der Waals surface area contributed by atoms with Crippen molar-refractivity contribution in [2.24, 2.45) is 11.7 Å². The summed E-state index contributed by atoms with van der Waals surface area (Å²) in [7, 11) is 0. The van der Waals surface area contributed by atoms with Crippen molar-refractivity contribution in [3.63, 3.8) is 0 Å². The highest BCUT2D eigenvalue weighted by Crippen LogP contribution is 2.45. The molecule has 0 spiro atoms. The second-order valence-corrected chi connectivity index (χ2v) is 3.94. The highest BCUT2D eigenvalue weighted by molar-refractivity contribution is 5.08. The smallest absolute Gasteiger partial charge is 0.243 e. The zero-order valence-electron chi connectivity index (χ0n) is 8.31. The summed E-state index contributed by atoms with van der Waals surface area (Å²) in [5, 5.41) is 3.93. The first-order chi connectivity index (χ1) is 6.72. The van der Waals surface area contributed by atoms with Crippen LogP contribution in [0.15, 0.2) is 17.2 Å². The minimum absolute atomic E-state index is 0.206. The Balaban J connectivity index is 2.05. The Hall–Kier alpha value is -1.16. The lowest BCUT2D eigenvalue weighted by atomic mass is 10.2. The van der Waals surface area contributed by atoms with E-state index in [-0.39, 0.29) is 6.04 Å². The van der Waals surface area contributed by atoms with E-state index in [1.807, 2.05) is 0 Å². The van der Waals surface area contributed by atoms with E-state index < -0.39 is 0 Å². The normalized spacial score (nSPS) is 27.3. The van der Waals surface area contributed by atoms with Gasteiger partial charge in [0, 0.05) is 5.92 Å². The highest BCUT2D eigenvalue weighted by Gasteiger charge is 2.38. The predicted octanol–water partition coefficient (Wildman–Crippen LogP) is 1.77. The first-order valence-corrected chi connectivity index (χ1v) is 4.92. The summed E-state index contributed by atoms with van der Waals surface area (Å²) in [5.74, 6) is 2.52. The molecule has 0 saturated heterocycles. The summed E-state index contributed by atoms with van der Waals surface area (Å²) in [4.78, 5) is 4.29. The van der Waals surface area contributed by atoms with Gasteiger partial charge >= 0.3 is 0 Å². The van der Waals surface area contributed by atoms with Gasteiger partial charge in [0.25, 0.3) is 0 Å². The Bertz CT molecular complexity index is 334. The molecule has 0 aromatic carbocycles. The first kappa shape index (κ1) is 9.40. The fourth-order valence-electron chi connectivity index (χ4n) is 1.51. The van der Waals surface area contributed by atoms with Crippen LogP contribution in [0.3, 0.4) is 0 Å². The molecule has 3 unspecified atom stereocenters. The number of hydrogen-bond acceptors (Lipinski definition) is 4. The molecule has 2 rings (SSSR count). The molecule has 0 bridgehead atoms. The molecule has 1 saturated carbocycles. The monoisotopic (exact) mass is 193 g/mol. The molecule has 2 N–H and O–H groups in total. The lowest BCUT2D eigenvalue weighted by Gasteiger charge is -1.99. The summed E-state index contributed by atoms with van der Waals surface area (Å²) in [6.45, 7) is 5.81. The molecule has 76 valence electrons. The minimum atomic E-state index is -0.206. The van der Waals surface area contributed by atoms with Gasteiger partial charge in [-0.15, -0.1) is 6.58 Å². The Labute approximate surface area is 83.2 Å². The van der Waals surface area contributed by atoms with Gasteiger partial charge in [-0.3, -0.25) is 0 Å². The van der Waals surface area contributed by atoms with Gasteiger partial charge in [0.15, 0.2) is 5.82 Å². The third-order valence-corrected chi connectivity index (χ3v) is 2.64. The van der Waals surface area contributed by atoms with Crippen LogP contribution in [0.2, 0.25) is 0 Å². The van der Waals surface area contributed by atoms with Crippen LogP contribution in [0, 0.1) is 5.92 Å². The van der Waals surface area contributed by atoms with E-state index in [0.29, 0.717) is 24.1 Å². The van der Waals surface area contributed by atoms with Crippen LogP contribution in [-0.4, -0.2) is 10.1 Å². The average molecular weight is 193 g/mol. The molecular weight excluding hydrogens is 178 g/mol. The summed E-state index contributed by atoms with van der Waals surface area (Å²) in [6.07, 6.45) is 3.59. The zero-order valence-corrected chi connectivity index (χ0v) is 8.31. The number of hydrogen-bond donors (Lipinski definition) is 1. The largest absolute Gasteiger partial charge is 0.338 e. The van der Waals surface area contributed by atoms with Crippen molar-refractivity contribution in [2.45, 2.75) is 31.7 Å². The van der Waals surface area contributed by atoms with E-state index >= 15 is 0 Å². The second kappa shape index (κ2) is 3.53. The molecule has 1 aliphatic carbocycles. The molecule has 0 aliphatic heterocycles. The summed E-state index contributed by atoms with van der Waals surface area (Å²) < 4.78 is 5.09. The van der Waals surface area contributed by atoms with Gasteiger partial charge < -0.3 is 10.3 Å². The van der Waals surface area contributed by atoms with Gasteiger partial charge in [-0.05, 0) is 18.8 Å². The number of rotatable bonds is 4. The second-order valence-electron chi connectivity index (χ2n) is 3.94. The lowest BCUT2D eigenvalue weighted by Crippen LogP contribution is -2.09. The number of aromatic nitrogens is 2. The van der Waals surface area contributed by atoms with Crippen LogP contribution in [-0.2, 0) is 0 Å². The number of nitrogens with two attached hydrogens (primary N) is 1. The Morgan fingerprint density at radius 3 is 3.07 bits per heavy atom. The maximum Gasteiger partial charge on any atom is 0.243 e. The number of nitrogens with zero attached hydrogens (tertiary/aromatic N) is 2. The Morgan fingerprint density at radius 1 is 1.79 bits per heavy atom. The average Bonchev–Trinajstić information content (AvgIpc) is 2.70. The molecule has 1 aromatic heterocycles. The molecular formula is C10H15N3O. The van der Waals surface area contributed by atoms with Crippen molar-refractivity contribution in [1.82, 2.24) is 10.1 Å². The quantitative estimate of drug-likeness (QED) is 0.740. The van der Waals surface area contributed by atoms with Crippen LogP contribution in [0.1, 0.15) is 43.4 Å². The van der Waals surface area contributed by atoms with Crippen LogP contribution >= 0.6 is 0 Å². The molecule has 3 atom stereocenters. The fourth-order valence-corrected chi connectivity index (χ4v) is 1.51. The summed E-state index contributed by atoms with van der Waals surface area (Å²) in [5.41, 5.74) is 5.81. The molecule has 1 aliphatic rings. The van der Waals surface area contributed by atoms with Gasteiger partial charge in [0.1, 0.15) is 0 Å². The minimum Gasteiger partial charge on any atom is -0.338 e. The van der Waals surface area contributed by atoms with E-state index in [1.54, 1.807) is 6.08 Å². The van der Waals surface area contributed by atoms with Crippen molar-refractivity contribution in [2.75, 3.05) is 0 Å². The lowest BCUT2D eigenvalue weighted by molar-refractivity contribution is 0.351. The van der Waals surface area contributed by atoms with Gasteiger partial charge in [0.2, 0.25) is 5.89 Å².